The van der Waals surface area contributed by atoms with Crippen molar-refractivity contribution in [3.8, 4) is 11.8 Å². The molecule has 10 heteroatoms. The fraction of sp³-hybridized carbons (Fsp3) is 0.200. The Balaban J connectivity index is 1.68. The summed E-state index contributed by atoms with van der Waals surface area (Å²) in [6.07, 6.45) is -0.455. The number of amides is 1. The van der Waals surface area contributed by atoms with Gasteiger partial charge in [0.15, 0.2) is 12.3 Å². The molecule has 0 atom stereocenters. The fourth-order valence-corrected chi connectivity index (χ4v) is 2.40. The molecule has 0 radical (unpaired) electrons. The summed E-state index contributed by atoms with van der Waals surface area (Å²) in [4.78, 5) is 20.5. The van der Waals surface area contributed by atoms with Crippen LogP contribution in [0.25, 0.3) is 0 Å². The van der Waals surface area contributed by atoms with Crippen LogP contribution in [0.5, 0.6) is 0 Å². The third-order valence-electron chi connectivity index (χ3n) is 3.74. The van der Waals surface area contributed by atoms with Crippen molar-refractivity contribution in [1.82, 2.24) is 25.2 Å². The van der Waals surface area contributed by atoms with E-state index in [-0.39, 0.29) is 13.2 Å². The van der Waals surface area contributed by atoms with E-state index in [0.717, 1.165) is 5.56 Å². The normalized spacial score (nSPS) is 10.8. The Morgan fingerprint density at radius 3 is 2.77 bits per heavy atom. The van der Waals surface area contributed by atoms with Gasteiger partial charge in [-0.05, 0) is 28.5 Å². The molecule has 2 aromatic heterocycles. The van der Waals surface area contributed by atoms with Gasteiger partial charge < -0.3 is 15.3 Å². The molecule has 152 valence electrons. The SMILES string of the molecule is Cn1nnnc1/C(=N\OCc1cccc(C#CCCOC(N)=O)n1)c1ccccc1. The lowest BCUT2D eigenvalue weighted by atomic mass is 10.1. The van der Waals surface area contributed by atoms with Gasteiger partial charge in [-0.25, -0.2) is 14.5 Å². The first-order valence-electron chi connectivity index (χ1n) is 8.98. The number of nitrogens with zero attached hydrogens (tertiary/aromatic N) is 6. The van der Waals surface area contributed by atoms with Crippen molar-refractivity contribution in [2.45, 2.75) is 13.0 Å². The molecular weight excluding hydrogens is 386 g/mol. The van der Waals surface area contributed by atoms with Crippen molar-refractivity contribution in [1.29, 1.82) is 0 Å². The molecule has 0 saturated carbocycles. The molecule has 0 bridgehead atoms. The van der Waals surface area contributed by atoms with E-state index in [1.54, 1.807) is 13.1 Å². The zero-order valence-electron chi connectivity index (χ0n) is 16.2. The summed E-state index contributed by atoms with van der Waals surface area (Å²) in [5.41, 5.74) is 7.44. The Bertz CT molecular complexity index is 1080. The van der Waals surface area contributed by atoms with Gasteiger partial charge in [-0.3, -0.25) is 0 Å². The molecule has 0 fully saturated rings. The number of oxime groups is 1. The van der Waals surface area contributed by atoms with Crippen LogP contribution in [-0.2, 0) is 23.2 Å². The van der Waals surface area contributed by atoms with Crippen molar-refractivity contribution in [2.24, 2.45) is 17.9 Å². The predicted molar refractivity (Wildman–Crippen MR) is 107 cm³/mol. The number of aromatic nitrogens is 5. The quantitative estimate of drug-likeness (QED) is 0.272. The summed E-state index contributed by atoms with van der Waals surface area (Å²) in [5.74, 6) is 6.24. The maximum atomic E-state index is 10.5. The van der Waals surface area contributed by atoms with Gasteiger partial charge in [0.2, 0.25) is 5.82 Å². The van der Waals surface area contributed by atoms with E-state index >= 15 is 0 Å². The summed E-state index contributed by atoms with van der Waals surface area (Å²) in [5, 5.41) is 15.8. The zero-order chi connectivity index (χ0) is 21.2. The Hall–Kier alpha value is -4.26. The van der Waals surface area contributed by atoms with Gasteiger partial charge in [0.05, 0.1) is 5.69 Å². The number of primary amides is 1. The summed E-state index contributed by atoms with van der Waals surface area (Å²) in [7, 11) is 1.73. The number of carbonyl (C=O) groups excluding carboxylic acids is 1. The highest BCUT2D eigenvalue weighted by Crippen LogP contribution is 2.09. The van der Waals surface area contributed by atoms with Crippen molar-refractivity contribution in [2.75, 3.05) is 6.61 Å². The first kappa shape index (κ1) is 20.5. The van der Waals surface area contributed by atoms with Crippen LogP contribution in [0.2, 0.25) is 0 Å². The molecule has 0 aliphatic carbocycles. The third kappa shape index (κ3) is 5.87. The number of nitrogens with two attached hydrogens (primary N) is 1. The van der Waals surface area contributed by atoms with Crippen molar-refractivity contribution < 1.29 is 14.4 Å². The molecule has 3 aromatic rings. The molecule has 0 unspecified atom stereocenters. The second-order valence-corrected chi connectivity index (χ2v) is 5.94. The van der Waals surface area contributed by atoms with Crippen molar-refractivity contribution >= 4 is 11.8 Å². The summed E-state index contributed by atoms with van der Waals surface area (Å²) < 4.78 is 6.14. The van der Waals surface area contributed by atoms with E-state index in [4.69, 9.17) is 10.6 Å². The number of carbonyl (C=O) groups is 1. The highest BCUT2D eigenvalue weighted by atomic mass is 16.6. The molecule has 1 aromatic carbocycles. The van der Waals surface area contributed by atoms with Crippen molar-refractivity contribution in [3.63, 3.8) is 0 Å². The predicted octanol–water partition coefficient (Wildman–Crippen LogP) is 1.41. The molecule has 30 heavy (non-hydrogen) atoms. The van der Waals surface area contributed by atoms with Gasteiger partial charge in [0, 0.05) is 19.0 Å². The molecule has 0 aliphatic heterocycles. The average molecular weight is 405 g/mol. The number of hydrogen-bond donors (Lipinski definition) is 1. The van der Waals surface area contributed by atoms with Crippen LogP contribution in [0.15, 0.2) is 53.7 Å². The largest absolute Gasteiger partial charge is 0.449 e. The first-order chi connectivity index (χ1) is 14.6. The van der Waals surface area contributed by atoms with Gasteiger partial charge in [-0.1, -0.05) is 47.5 Å². The number of benzene rings is 1. The summed E-state index contributed by atoms with van der Waals surface area (Å²) in [6.45, 7) is 0.279. The second-order valence-electron chi connectivity index (χ2n) is 5.94. The van der Waals surface area contributed by atoms with Crippen LogP contribution in [-0.4, -0.2) is 43.6 Å². The first-order valence-corrected chi connectivity index (χ1v) is 8.98. The van der Waals surface area contributed by atoms with Crippen LogP contribution in [0.3, 0.4) is 0 Å². The molecular formula is C20H19N7O3. The minimum atomic E-state index is -0.818. The highest BCUT2D eigenvalue weighted by Gasteiger charge is 2.14. The Kier molecular flexibility index (Phi) is 7.05. The molecule has 0 aliphatic rings. The highest BCUT2D eigenvalue weighted by molar-refractivity contribution is 6.10. The number of tetrazole rings is 1. The Labute approximate surface area is 172 Å². The van der Waals surface area contributed by atoms with Gasteiger partial charge >= 0.3 is 6.09 Å². The lowest BCUT2D eigenvalue weighted by Gasteiger charge is -2.06. The fourth-order valence-electron chi connectivity index (χ4n) is 2.40. The van der Waals surface area contributed by atoms with Crippen LogP contribution < -0.4 is 5.73 Å². The zero-order valence-corrected chi connectivity index (χ0v) is 16.2. The maximum absolute atomic E-state index is 10.5. The van der Waals surface area contributed by atoms with E-state index in [9.17, 15) is 4.79 Å². The third-order valence-corrected chi connectivity index (χ3v) is 3.74. The Morgan fingerprint density at radius 2 is 2.03 bits per heavy atom. The molecule has 0 saturated heterocycles. The van der Waals surface area contributed by atoms with E-state index in [2.05, 4.69) is 42.2 Å². The van der Waals surface area contributed by atoms with E-state index in [1.165, 1.54) is 4.68 Å². The number of rotatable bonds is 7. The molecule has 2 N–H and O–H groups in total. The summed E-state index contributed by atoms with van der Waals surface area (Å²) >= 11 is 0. The second kappa shape index (κ2) is 10.3. The standard InChI is InChI=1S/C20H19N7O3/c1-27-19(23-25-26-27)18(15-8-3-2-4-9-15)24-30-14-17-12-7-11-16(22-17)10-5-6-13-29-20(21)28/h2-4,7-9,11-12H,6,13-14H2,1H3,(H2,21,28)/b24-18-. The van der Waals surface area contributed by atoms with E-state index in [1.807, 2.05) is 42.5 Å². The van der Waals surface area contributed by atoms with Crippen LogP contribution in [0, 0.1) is 11.8 Å². The van der Waals surface area contributed by atoms with Gasteiger partial charge in [-0.15, -0.1) is 5.10 Å². The number of ether oxygens (including phenoxy) is 1. The monoisotopic (exact) mass is 405 g/mol. The summed E-state index contributed by atoms with van der Waals surface area (Å²) in [6, 6.07) is 14.9. The Morgan fingerprint density at radius 1 is 1.20 bits per heavy atom. The van der Waals surface area contributed by atoms with Crippen molar-refractivity contribution in [3.05, 3.63) is 71.3 Å². The van der Waals surface area contributed by atoms with E-state index in [0.29, 0.717) is 29.3 Å². The van der Waals surface area contributed by atoms with Crippen LogP contribution in [0.1, 0.15) is 29.2 Å². The molecule has 0 spiro atoms. The molecule has 10 nitrogen and oxygen atoms in total. The molecule has 2 heterocycles. The van der Waals surface area contributed by atoms with Gasteiger partial charge in [0.25, 0.3) is 0 Å². The number of hydrogen-bond acceptors (Lipinski definition) is 8. The lowest BCUT2D eigenvalue weighted by Crippen LogP contribution is -2.13. The number of pyridine rings is 1. The lowest BCUT2D eigenvalue weighted by molar-refractivity contribution is 0.128. The average Bonchev–Trinajstić information content (AvgIpc) is 3.17. The van der Waals surface area contributed by atoms with Crippen LogP contribution >= 0.6 is 0 Å². The molecule has 1 amide bonds. The van der Waals surface area contributed by atoms with Gasteiger partial charge in [0.1, 0.15) is 12.3 Å². The minimum Gasteiger partial charge on any atom is -0.449 e. The van der Waals surface area contributed by atoms with E-state index < -0.39 is 6.09 Å². The van der Waals surface area contributed by atoms with Gasteiger partial charge in [-0.2, -0.15) is 0 Å². The molecule has 3 rings (SSSR count). The topological polar surface area (TPSA) is 130 Å². The maximum Gasteiger partial charge on any atom is 0.404 e. The minimum absolute atomic E-state index is 0.138. The smallest absolute Gasteiger partial charge is 0.404 e. The van der Waals surface area contributed by atoms with Crippen LogP contribution in [0.4, 0.5) is 4.79 Å². The number of aryl methyl sites for hydroxylation is 1.